The Hall–Kier alpha value is -3.25. The highest BCUT2D eigenvalue weighted by Gasteiger charge is 2.20. The highest BCUT2D eigenvalue weighted by Crippen LogP contribution is 2.21. The summed E-state index contributed by atoms with van der Waals surface area (Å²) in [5, 5.41) is 3.40. The number of nitrogens with one attached hydrogen (secondary N) is 1. The summed E-state index contributed by atoms with van der Waals surface area (Å²) in [4.78, 5) is 26.1. The number of aromatic nitrogens is 2. The van der Waals surface area contributed by atoms with E-state index in [1.54, 1.807) is 0 Å². The number of likely N-dealkylation sites (N-methyl/N-ethyl adjacent to an activating group) is 1. The number of nitrogens with zero attached hydrogens (tertiary/aromatic N) is 4. The molecule has 2 heterocycles. The summed E-state index contributed by atoms with van der Waals surface area (Å²) in [5.41, 5.74) is 3.80. The Balaban J connectivity index is 1.46. The van der Waals surface area contributed by atoms with E-state index in [0.29, 0.717) is 17.9 Å². The summed E-state index contributed by atoms with van der Waals surface area (Å²) >= 11 is 0. The molecule has 0 unspecified atom stereocenters. The van der Waals surface area contributed by atoms with Gasteiger partial charge < -0.3 is 15.1 Å². The van der Waals surface area contributed by atoms with Gasteiger partial charge in [-0.25, -0.2) is 9.97 Å². The molecule has 4 rings (SSSR count). The molecule has 6 heteroatoms. The lowest BCUT2D eigenvalue weighted by molar-refractivity contribution is 0.0664. The predicted molar refractivity (Wildman–Crippen MR) is 119 cm³/mol. The van der Waals surface area contributed by atoms with Crippen molar-refractivity contribution in [2.24, 2.45) is 0 Å². The Labute approximate surface area is 177 Å². The van der Waals surface area contributed by atoms with Crippen LogP contribution >= 0.6 is 0 Å². The summed E-state index contributed by atoms with van der Waals surface area (Å²) in [6, 6.07) is 17.8. The fourth-order valence-electron chi connectivity index (χ4n) is 3.50. The lowest BCUT2D eigenvalue weighted by atomic mass is 10.1. The van der Waals surface area contributed by atoms with E-state index in [2.05, 4.69) is 34.4 Å². The number of benzene rings is 2. The van der Waals surface area contributed by atoms with Gasteiger partial charge >= 0.3 is 0 Å². The van der Waals surface area contributed by atoms with Crippen LogP contribution in [0.2, 0.25) is 0 Å². The molecular formula is C24H27N5O. The van der Waals surface area contributed by atoms with E-state index in [-0.39, 0.29) is 5.91 Å². The largest absolute Gasteiger partial charge is 0.366 e. The summed E-state index contributed by atoms with van der Waals surface area (Å²) < 4.78 is 0. The zero-order valence-electron chi connectivity index (χ0n) is 17.5. The number of carbonyl (C=O) groups excluding carboxylic acids is 1. The van der Waals surface area contributed by atoms with E-state index in [9.17, 15) is 4.79 Å². The molecule has 2 aromatic carbocycles. The van der Waals surface area contributed by atoms with Crippen LogP contribution in [-0.4, -0.2) is 58.9 Å². The molecule has 30 heavy (non-hydrogen) atoms. The molecule has 0 saturated carbocycles. The van der Waals surface area contributed by atoms with Crippen molar-refractivity contribution in [3.05, 3.63) is 77.5 Å². The van der Waals surface area contributed by atoms with Gasteiger partial charge in [0.15, 0.2) is 5.82 Å². The Morgan fingerprint density at radius 1 is 1.00 bits per heavy atom. The van der Waals surface area contributed by atoms with Crippen LogP contribution in [0.4, 0.5) is 5.82 Å². The number of hydrogen-bond donors (Lipinski definition) is 1. The van der Waals surface area contributed by atoms with Crippen LogP contribution in [0, 0.1) is 6.92 Å². The number of aryl methyl sites for hydroxylation is 1. The minimum absolute atomic E-state index is 0.0877. The molecule has 1 aliphatic heterocycles. The maximum atomic E-state index is 12.7. The molecule has 154 valence electrons. The molecule has 0 spiro atoms. The van der Waals surface area contributed by atoms with Crippen LogP contribution in [0.1, 0.15) is 21.5 Å². The first-order valence-electron chi connectivity index (χ1n) is 10.3. The maximum Gasteiger partial charge on any atom is 0.253 e. The second-order valence-electron chi connectivity index (χ2n) is 7.74. The minimum Gasteiger partial charge on any atom is -0.366 e. The van der Waals surface area contributed by atoms with E-state index >= 15 is 0 Å². The van der Waals surface area contributed by atoms with Crippen molar-refractivity contribution in [3.8, 4) is 11.4 Å². The summed E-state index contributed by atoms with van der Waals surface area (Å²) in [7, 11) is 2.08. The van der Waals surface area contributed by atoms with Gasteiger partial charge in [0.25, 0.3) is 5.91 Å². The molecule has 1 fully saturated rings. The van der Waals surface area contributed by atoms with Gasteiger partial charge in [0.1, 0.15) is 5.82 Å². The topological polar surface area (TPSA) is 61.4 Å². The Morgan fingerprint density at radius 3 is 2.40 bits per heavy atom. The molecule has 1 aliphatic rings. The number of amides is 1. The van der Waals surface area contributed by atoms with Crippen LogP contribution in [0.5, 0.6) is 0 Å². The van der Waals surface area contributed by atoms with Crippen molar-refractivity contribution >= 4 is 11.7 Å². The van der Waals surface area contributed by atoms with E-state index in [0.717, 1.165) is 43.1 Å². The normalized spacial score (nSPS) is 14.5. The van der Waals surface area contributed by atoms with Crippen molar-refractivity contribution in [1.82, 2.24) is 19.8 Å². The van der Waals surface area contributed by atoms with E-state index in [4.69, 9.17) is 4.98 Å². The molecular weight excluding hydrogens is 374 g/mol. The SMILES string of the molecule is Cc1cnc(-c2ccc(C(=O)N3CCN(C)CC3)cc2)nc1NCc1ccccc1. The molecule has 6 nitrogen and oxygen atoms in total. The quantitative estimate of drug-likeness (QED) is 0.710. The first kappa shape index (κ1) is 20.0. The first-order chi connectivity index (χ1) is 14.6. The standard InChI is InChI=1S/C24H27N5O/c1-18-16-25-23(27-22(18)26-17-19-6-4-3-5-7-19)20-8-10-21(11-9-20)24(30)29-14-12-28(2)13-15-29/h3-11,16H,12-15,17H2,1-2H3,(H,25,26,27). The molecule has 1 amide bonds. The van der Waals surface area contributed by atoms with Crippen molar-refractivity contribution in [1.29, 1.82) is 0 Å². The zero-order chi connectivity index (χ0) is 20.9. The van der Waals surface area contributed by atoms with Crippen molar-refractivity contribution in [2.75, 3.05) is 38.5 Å². The van der Waals surface area contributed by atoms with E-state index in [1.807, 2.05) is 60.5 Å². The average Bonchev–Trinajstić information content (AvgIpc) is 2.79. The molecule has 1 saturated heterocycles. The lowest BCUT2D eigenvalue weighted by Gasteiger charge is -2.32. The van der Waals surface area contributed by atoms with Crippen molar-refractivity contribution < 1.29 is 4.79 Å². The van der Waals surface area contributed by atoms with E-state index < -0.39 is 0 Å². The highest BCUT2D eigenvalue weighted by molar-refractivity contribution is 5.94. The highest BCUT2D eigenvalue weighted by atomic mass is 16.2. The Bertz CT molecular complexity index is 996. The number of rotatable bonds is 5. The van der Waals surface area contributed by atoms with Crippen LogP contribution in [0.15, 0.2) is 60.8 Å². The molecule has 0 radical (unpaired) electrons. The van der Waals surface area contributed by atoms with Crippen LogP contribution in [0.3, 0.4) is 0 Å². The number of carbonyl (C=O) groups is 1. The van der Waals surface area contributed by atoms with Gasteiger partial charge in [-0.2, -0.15) is 0 Å². The van der Waals surface area contributed by atoms with E-state index in [1.165, 1.54) is 5.56 Å². The second-order valence-corrected chi connectivity index (χ2v) is 7.74. The molecule has 0 atom stereocenters. The number of anilines is 1. The predicted octanol–water partition coefficient (Wildman–Crippen LogP) is 3.45. The van der Waals surface area contributed by atoms with Gasteiger partial charge in [-0.15, -0.1) is 0 Å². The summed E-state index contributed by atoms with van der Waals surface area (Å²) in [6.45, 7) is 6.08. The van der Waals surface area contributed by atoms with Gasteiger partial charge in [-0.05, 0) is 31.7 Å². The van der Waals surface area contributed by atoms with Gasteiger partial charge in [0, 0.05) is 55.6 Å². The van der Waals surface area contributed by atoms with Crippen molar-refractivity contribution in [2.45, 2.75) is 13.5 Å². The average molecular weight is 402 g/mol. The molecule has 1 N–H and O–H groups in total. The number of hydrogen-bond acceptors (Lipinski definition) is 5. The smallest absolute Gasteiger partial charge is 0.253 e. The van der Waals surface area contributed by atoms with Gasteiger partial charge in [0.05, 0.1) is 0 Å². The zero-order valence-corrected chi connectivity index (χ0v) is 17.5. The number of piperazine rings is 1. The summed E-state index contributed by atoms with van der Waals surface area (Å²) in [6.07, 6.45) is 1.83. The third kappa shape index (κ3) is 4.66. The minimum atomic E-state index is 0.0877. The van der Waals surface area contributed by atoms with Crippen LogP contribution in [-0.2, 0) is 6.54 Å². The van der Waals surface area contributed by atoms with Gasteiger partial charge in [0.2, 0.25) is 0 Å². The van der Waals surface area contributed by atoms with Crippen LogP contribution < -0.4 is 5.32 Å². The second kappa shape index (κ2) is 9.05. The van der Waals surface area contributed by atoms with Gasteiger partial charge in [-0.1, -0.05) is 42.5 Å². The monoisotopic (exact) mass is 401 g/mol. The summed E-state index contributed by atoms with van der Waals surface area (Å²) in [5.74, 6) is 1.56. The van der Waals surface area contributed by atoms with Crippen LogP contribution in [0.25, 0.3) is 11.4 Å². The third-order valence-corrected chi connectivity index (χ3v) is 5.46. The fraction of sp³-hybridized carbons (Fsp3) is 0.292. The maximum absolute atomic E-state index is 12.7. The molecule has 1 aromatic heterocycles. The first-order valence-corrected chi connectivity index (χ1v) is 10.3. The van der Waals surface area contributed by atoms with Crippen molar-refractivity contribution in [3.63, 3.8) is 0 Å². The third-order valence-electron chi connectivity index (χ3n) is 5.46. The molecule has 0 bridgehead atoms. The molecule has 3 aromatic rings. The Kier molecular flexibility index (Phi) is 6.05. The molecule has 0 aliphatic carbocycles. The Morgan fingerprint density at radius 2 is 1.70 bits per heavy atom. The van der Waals surface area contributed by atoms with Gasteiger partial charge in [-0.3, -0.25) is 4.79 Å². The fourth-order valence-corrected chi connectivity index (χ4v) is 3.50. The lowest BCUT2D eigenvalue weighted by Crippen LogP contribution is -2.47.